The van der Waals surface area contributed by atoms with Crippen molar-refractivity contribution < 1.29 is 18.7 Å². The predicted octanol–water partition coefficient (Wildman–Crippen LogP) is 6.06. The fraction of sp³-hybridized carbons (Fsp3) is 0.172. The molecule has 184 valence electrons. The van der Waals surface area contributed by atoms with Crippen LogP contribution in [-0.2, 0) is 4.74 Å². The third kappa shape index (κ3) is 3.64. The Bertz CT molecular complexity index is 1770. The zero-order valence-corrected chi connectivity index (χ0v) is 21.2. The van der Waals surface area contributed by atoms with Gasteiger partial charge in [-0.3, -0.25) is 14.5 Å². The molecule has 0 N–H and O–H groups in total. The number of rotatable bonds is 4. The fourth-order valence-electron chi connectivity index (χ4n) is 4.74. The molecule has 0 fully saturated rings. The summed E-state index contributed by atoms with van der Waals surface area (Å²) in [5.41, 5.74) is 3.33. The minimum Gasteiger partial charge on any atom is -0.465 e. The number of esters is 1. The molecule has 0 unspecified atom stereocenters. The molecule has 37 heavy (non-hydrogen) atoms. The minimum absolute atomic E-state index is 0.00729. The van der Waals surface area contributed by atoms with Gasteiger partial charge in [0.25, 0.3) is 5.91 Å². The average Bonchev–Trinajstić information content (AvgIpc) is 3.46. The van der Waals surface area contributed by atoms with E-state index in [1.54, 1.807) is 48.5 Å². The zero-order chi connectivity index (χ0) is 25.8. The van der Waals surface area contributed by atoms with Crippen LogP contribution in [-0.4, -0.2) is 24.0 Å². The number of benzene rings is 3. The lowest BCUT2D eigenvalue weighted by atomic mass is 9.98. The molecule has 0 saturated heterocycles. The molecule has 0 spiro atoms. The van der Waals surface area contributed by atoms with E-state index in [2.05, 4.69) is 19.9 Å². The molecule has 8 heteroatoms. The van der Waals surface area contributed by atoms with Gasteiger partial charge in [0.05, 0.1) is 39.9 Å². The smallest absolute Gasteiger partial charge is 0.337 e. The molecule has 0 bridgehead atoms. The Morgan fingerprint density at radius 1 is 1.05 bits per heavy atom. The highest BCUT2D eigenvalue weighted by Crippen LogP contribution is 2.44. The van der Waals surface area contributed by atoms with Gasteiger partial charge >= 0.3 is 5.97 Å². The van der Waals surface area contributed by atoms with Gasteiger partial charge in [-0.2, -0.15) is 0 Å². The largest absolute Gasteiger partial charge is 0.465 e. The lowest BCUT2D eigenvalue weighted by Crippen LogP contribution is -2.29. The Morgan fingerprint density at radius 2 is 1.81 bits per heavy atom. The van der Waals surface area contributed by atoms with E-state index in [9.17, 15) is 14.4 Å². The standard InChI is InChI=1S/C29H22N2O5S/c1-15(2)18-12-13-20-22(14-18)37-29(30-20)31-24(16-8-10-17(11-9-16)28(34)35-3)23-25(32)19-6-4-5-7-21(19)36-26(23)27(31)33/h4-15,24H,1-3H3/t24-/m0/s1. The summed E-state index contributed by atoms with van der Waals surface area (Å²) in [5.74, 6) is -0.539. The van der Waals surface area contributed by atoms with E-state index in [1.807, 2.05) is 12.1 Å². The summed E-state index contributed by atoms with van der Waals surface area (Å²) >= 11 is 1.40. The van der Waals surface area contributed by atoms with Gasteiger partial charge in [-0.05, 0) is 53.4 Å². The molecule has 5 aromatic rings. The van der Waals surface area contributed by atoms with Crippen molar-refractivity contribution in [3.05, 3.63) is 105 Å². The van der Waals surface area contributed by atoms with Crippen LogP contribution in [0.4, 0.5) is 5.13 Å². The third-order valence-corrected chi connectivity index (χ3v) is 7.72. The number of anilines is 1. The van der Waals surface area contributed by atoms with Gasteiger partial charge < -0.3 is 9.15 Å². The van der Waals surface area contributed by atoms with Gasteiger partial charge in [0, 0.05) is 0 Å². The van der Waals surface area contributed by atoms with Crippen LogP contribution < -0.4 is 10.3 Å². The maximum absolute atomic E-state index is 13.8. The minimum atomic E-state index is -0.764. The lowest BCUT2D eigenvalue weighted by Gasteiger charge is -2.22. The second kappa shape index (κ2) is 8.67. The molecule has 0 radical (unpaired) electrons. The SMILES string of the molecule is COC(=O)c1ccc([C@H]2c3c(oc4ccccc4c3=O)C(=O)N2c2nc3ccc(C(C)C)cc3s2)cc1. The number of aromatic nitrogens is 1. The average molecular weight is 511 g/mol. The second-order valence-electron chi connectivity index (χ2n) is 9.24. The van der Waals surface area contributed by atoms with Crippen molar-refractivity contribution in [1.29, 1.82) is 0 Å². The molecule has 3 heterocycles. The number of hydrogen-bond donors (Lipinski definition) is 0. The van der Waals surface area contributed by atoms with Crippen molar-refractivity contribution in [3.63, 3.8) is 0 Å². The van der Waals surface area contributed by atoms with Crippen LogP contribution in [0.2, 0.25) is 0 Å². The summed E-state index contributed by atoms with van der Waals surface area (Å²) in [6.45, 7) is 4.25. The zero-order valence-electron chi connectivity index (χ0n) is 20.3. The molecule has 0 saturated carbocycles. The number of thiazole rings is 1. The number of carbonyl (C=O) groups is 2. The number of fused-ring (bicyclic) bond motifs is 3. The molecule has 1 amide bonds. The predicted molar refractivity (Wildman–Crippen MR) is 143 cm³/mol. The summed E-state index contributed by atoms with van der Waals surface area (Å²) in [5, 5.41) is 0.871. The molecule has 1 aliphatic rings. The normalized spacial score (nSPS) is 15.1. The van der Waals surface area contributed by atoms with Crippen LogP contribution in [0.25, 0.3) is 21.2 Å². The van der Waals surface area contributed by atoms with Crippen molar-refractivity contribution >= 4 is 49.5 Å². The van der Waals surface area contributed by atoms with Gasteiger partial charge in [-0.15, -0.1) is 0 Å². The van der Waals surface area contributed by atoms with E-state index < -0.39 is 17.9 Å². The number of amides is 1. The number of carbonyl (C=O) groups excluding carboxylic acids is 2. The molecular weight excluding hydrogens is 488 g/mol. The summed E-state index contributed by atoms with van der Waals surface area (Å²) < 4.78 is 11.8. The quantitative estimate of drug-likeness (QED) is 0.273. The van der Waals surface area contributed by atoms with E-state index in [-0.39, 0.29) is 16.8 Å². The van der Waals surface area contributed by atoms with Gasteiger partial charge in [0.15, 0.2) is 10.6 Å². The number of para-hydroxylation sites is 1. The fourth-order valence-corrected chi connectivity index (χ4v) is 5.78. The second-order valence-corrected chi connectivity index (χ2v) is 10.2. The molecule has 3 aromatic carbocycles. The molecule has 0 aliphatic carbocycles. The Balaban J connectivity index is 1.57. The van der Waals surface area contributed by atoms with Crippen LogP contribution in [0, 0.1) is 0 Å². The van der Waals surface area contributed by atoms with E-state index >= 15 is 0 Å². The first kappa shape index (κ1) is 23.1. The van der Waals surface area contributed by atoms with Crippen molar-refractivity contribution in [2.75, 3.05) is 12.0 Å². The van der Waals surface area contributed by atoms with E-state index in [4.69, 9.17) is 14.1 Å². The van der Waals surface area contributed by atoms with E-state index in [0.29, 0.717) is 33.1 Å². The molecule has 2 aromatic heterocycles. The van der Waals surface area contributed by atoms with Crippen molar-refractivity contribution in [2.45, 2.75) is 25.8 Å². The Labute approximate surface area is 215 Å². The van der Waals surface area contributed by atoms with Crippen LogP contribution in [0.3, 0.4) is 0 Å². The first-order valence-electron chi connectivity index (χ1n) is 11.9. The molecule has 6 rings (SSSR count). The van der Waals surface area contributed by atoms with Crippen LogP contribution in [0.1, 0.15) is 63.4 Å². The first-order valence-corrected chi connectivity index (χ1v) is 12.7. The van der Waals surface area contributed by atoms with Crippen LogP contribution >= 0.6 is 11.3 Å². The topological polar surface area (TPSA) is 89.7 Å². The van der Waals surface area contributed by atoms with Gasteiger partial charge in [0.1, 0.15) is 5.58 Å². The van der Waals surface area contributed by atoms with Crippen LogP contribution in [0.5, 0.6) is 0 Å². The van der Waals surface area contributed by atoms with Crippen molar-refractivity contribution in [2.24, 2.45) is 0 Å². The lowest BCUT2D eigenvalue weighted by molar-refractivity contribution is 0.0600. The highest BCUT2D eigenvalue weighted by atomic mass is 32.1. The van der Waals surface area contributed by atoms with Crippen molar-refractivity contribution in [1.82, 2.24) is 4.98 Å². The highest BCUT2D eigenvalue weighted by Gasteiger charge is 2.45. The van der Waals surface area contributed by atoms with E-state index in [1.165, 1.54) is 28.9 Å². The Kier molecular flexibility index (Phi) is 5.42. The highest BCUT2D eigenvalue weighted by molar-refractivity contribution is 7.22. The summed E-state index contributed by atoms with van der Waals surface area (Å²) in [6.07, 6.45) is 0. The molecule has 1 aliphatic heterocycles. The molecular formula is C29H22N2O5S. The monoisotopic (exact) mass is 510 g/mol. The van der Waals surface area contributed by atoms with Gasteiger partial charge in [-0.1, -0.05) is 55.5 Å². The summed E-state index contributed by atoms with van der Waals surface area (Å²) in [4.78, 5) is 45.8. The maximum atomic E-state index is 13.8. The van der Waals surface area contributed by atoms with Gasteiger partial charge in [-0.25, -0.2) is 9.78 Å². The number of methoxy groups -OCH3 is 1. The van der Waals surface area contributed by atoms with E-state index in [0.717, 1.165) is 10.2 Å². The van der Waals surface area contributed by atoms with Crippen LogP contribution in [0.15, 0.2) is 75.9 Å². The number of ether oxygens (including phenoxy) is 1. The van der Waals surface area contributed by atoms with Gasteiger partial charge in [0.2, 0.25) is 5.76 Å². The third-order valence-electron chi connectivity index (χ3n) is 6.70. The summed E-state index contributed by atoms with van der Waals surface area (Å²) in [7, 11) is 1.32. The molecule has 7 nitrogen and oxygen atoms in total. The summed E-state index contributed by atoms with van der Waals surface area (Å²) in [6, 6.07) is 18.9. The Hall–Kier alpha value is -4.30. The number of hydrogen-bond acceptors (Lipinski definition) is 7. The Morgan fingerprint density at radius 3 is 2.54 bits per heavy atom. The first-order chi connectivity index (χ1) is 17.9. The van der Waals surface area contributed by atoms with Crippen molar-refractivity contribution in [3.8, 4) is 0 Å². The number of nitrogens with zero attached hydrogens (tertiary/aromatic N) is 2. The molecule has 1 atom stereocenters. The maximum Gasteiger partial charge on any atom is 0.337 e.